The maximum absolute atomic E-state index is 11.9. The van der Waals surface area contributed by atoms with Gasteiger partial charge in [-0.25, -0.2) is 10.8 Å². The molecule has 1 aromatic heterocycles. The van der Waals surface area contributed by atoms with Crippen molar-refractivity contribution in [2.24, 2.45) is 5.84 Å². The average molecular weight is 303 g/mol. The molecule has 1 aliphatic rings. The van der Waals surface area contributed by atoms with Crippen LogP contribution in [0, 0.1) is 0 Å². The minimum atomic E-state index is -0.269. The molecule has 1 saturated carbocycles. The fraction of sp³-hybridized carbons (Fsp3) is 0.333. The van der Waals surface area contributed by atoms with Crippen LogP contribution in [0.2, 0.25) is 0 Å². The van der Waals surface area contributed by atoms with Crippen LogP contribution in [0.15, 0.2) is 24.3 Å². The van der Waals surface area contributed by atoms with E-state index in [0.29, 0.717) is 17.4 Å². The van der Waals surface area contributed by atoms with Crippen LogP contribution in [0.3, 0.4) is 0 Å². The number of thiazole rings is 1. The molecule has 0 unspecified atom stereocenters. The summed E-state index contributed by atoms with van der Waals surface area (Å²) in [5.74, 6) is 6.18. The molecule has 3 rings (SSSR count). The molecule has 6 heteroatoms. The van der Waals surface area contributed by atoms with E-state index >= 15 is 0 Å². The van der Waals surface area contributed by atoms with Gasteiger partial charge in [0.2, 0.25) is 0 Å². The molecular weight excluding hydrogens is 286 g/mol. The van der Waals surface area contributed by atoms with Gasteiger partial charge >= 0.3 is 0 Å². The number of carbonyl (C=O) groups is 1. The topological polar surface area (TPSA) is 77.2 Å². The van der Waals surface area contributed by atoms with Gasteiger partial charge in [0.1, 0.15) is 15.6 Å². The van der Waals surface area contributed by atoms with E-state index in [1.165, 1.54) is 11.3 Å². The van der Waals surface area contributed by atoms with E-state index < -0.39 is 0 Å². The number of hydrogen-bond donors (Lipinski definition) is 2. The summed E-state index contributed by atoms with van der Waals surface area (Å²) in [5, 5.41) is 0.805. The number of nitrogens with zero attached hydrogens (tertiary/aromatic N) is 1. The molecular formula is C15H17N3O2S. The highest BCUT2D eigenvalue weighted by Crippen LogP contribution is 2.45. The molecule has 3 N–H and O–H groups in total. The predicted molar refractivity (Wildman–Crippen MR) is 82.3 cm³/mol. The Labute approximate surface area is 127 Å². The number of rotatable bonds is 5. The molecule has 110 valence electrons. The number of benzene rings is 1. The van der Waals surface area contributed by atoms with Crippen LogP contribution in [0.4, 0.5) is 0 Å². The van der Waals surface area contributed by atoms with Crippen LogP contribution >= 0.6 is 11.3 Å². The molecule has 1 fully saturated rings. The molecule has 2 aromatic rings. The first-order valence-electron chi connectivity index (χ1n) is 6.98. The zero-order valence-corrected chi connectivity index (χ0v) is 12.6. The number of carbonyl (C=O) groups excluding carboxylic acids is 1. The van der Waals surface area contributed by atoms with E-state index in [4.69, 9.17) is 10.6 Å². The van der Waals surface area contributed by atoms with E-state index in [9.17, 15) is 4.79 Å². The van der Waals surface area contributed by atoms with Crippen molar-refractivity contribution in [2.45, 2.75) is 25.7 Å². The van der Waals surface area contributed by atoms with Gasteiger partial charge in [0.15, 0.2) is 0 Å². The second-order valence-corrected chi connectivity index (χ2v) is 5.91. The number of hydrazine groups is 1. The molecule has 1 aromatic carbocycles. The monoisotopic (exact) mass is 303 g/mol. The third-order valence-electron chi connectivity index (χ3n) is 3.37. The Balaban J connectivity index is 2.05. The largest absolute Gasteiger partial charge is 0.493 e. The number of amides is 1. The van der Waals surface area contributed by atoms with Gasteiger partial charge < -0.3 is 4.74 Å². The summed E-state index contributed by atoms with van der Waals surface area (Å²) in [5.41, 5.74) is 3.99. The Hall–Kier alpha value is -1.92. The fourth-order valence-electron chi connectivity index (χ4n) is 2.23. The maximum atomic E-state index is 11.9. The van der Waals surface area contributed by atoms with Crippen LogP contribution in [0.5, 0.6) is 5.75 Å². The first kappa shape index (κ1) is 14.0. The fourth-order valence-corrected chi connectivity index (χ4v) is 3.32. The molecule has 1 heterocycles. The highest BCUT2D eigenvalue weighted by Gasteiger charge is 2.32. The van der Waals surface area contributed by atoms with Gasteiger partial charge in [0.25, 0.3) is 5.91 Å². The van der Waals surface area contributed by atoms with Crippen molar-refractivity contribution in [3.63, 3.8) is 0 Å². The normalized spacial score (nSPS) is 14.0. The number of hydrogen-bond acceptors (Lipinski definition) is 5. The van der Waals surface area contributed by atoms with E-state index in [2.05, 4.69) is 10.4 Å². The molecule has 1 aliphatic carbocycles. The van der Waals surface area contributed by atoms with Gasteiger partial charge in [0.05, 0.1) is 17.9 Å². The summed E-state index contributed by atoms with van der Waals surface area (Å²) in [4.78, 5) is 17.2. The summed E-state index contributed by atoms with van der Waals surface area (Å²) >= 11 is 1.37. The highest BCUT2D eigenvalue weighted by atomic mass is 32.1. The van der Waals surface area contributed by atoms with Crippen molar-refractivity contribution in [3.05, 3.63) is 34.8 Å². The summed E-state index contributed by atoms with van der Waals surface area (Å²) in [6, 6.07) is 7.75. The second-order valence-electron chi connectivity index (χ2n) is 4.91. The quantitative estimate of drug-likeness (QED) is 0.506. The number of para-hydroxylation sites is 1. The molecule has 1 amide bonds. The Morgan fingerprint density at radius 2 is 2.24 bits per heavy atom. The average Bonchev–Trinajstić information content (AvgIpc) is 3.26. The summed E-state index contributed by atoms with van der Waals surface area (Å²) < 4.78 is 5.64. The van der Waals surface area contributed by atoms with Crippen LogP contribution in [-0.4, -0.2) is 17.5 Å². The third kappa shape index (κ3) is 2.77. The van der Waals surface area contributed by atoms with Gasteiger partial charge in [-0.3, -0.25) is 10.2 Å². The van der Waals surface area contributed by atoms with Crippen molar-refractivity contribution >= 4 is 17.2 Å². The van der Waals surface area contributed by atoms with Gasteiger partial charge in [-0.2, -0.15) is 0 Å². The minimum absolute atomic E-state index is 0.269. The molecule has 0 saturated heterocycles. The lowest BCUT2D eigenvalue weighted by molar-refractivity contribution is 0.0956. The van der Waals surface area contributed by atoms with Crippen LogP contribution in [-0.2, 0) is 0 Å². The van der Waals surface area contributed by atoms with Crippen LogP contribution in [0.1, 0.15) is 41.0 Å². The third-order valence-corrected chi connectivity index (χ3v) is 4.48. The summed E-state index contributed by atoms with van der Waals surface area (Å²) in [7, 11) is 0. The molecule has 0 aliphatic heterocycles. The highest BCUT2D eigenvalue weighted by molar-refractivity contribution is 7.17. The Kier molecular flexibility index (Phi) is 3.90. The van der Waals surface area contributed by atoms with Crippen molar-refractivity contribution in [2.75, 3.05) is 6.61 Å². The minimum Gasteiger partial charge on any atom is -0.493 e. The molecule has 0 bridgehead atoms. The van der Waals surface area contributed by atoms with Gasteiger partial charge in [-0.15, -0.1) is 11.3 Å². The van der Waals surface area contributed by atoms with Gasteiger partial charge in [0, 0.05) is 5.92 Å². The van der Waals surface area contributed by atoms with Crippen molar-refractivity contribution in [1.82, 2.24) is 10.4 Å². The zero-order valence-electron chi connectivity index (χ0n) is 11.8. The Morgan fingerprint density at radius 3 is 2.90 bits per heavy atom. The lowest BCUT2D eigenvalue weighted by Crippen LogP contribution is -2.30. The molecule has 0 radical (unpaired) electrons. The Bertz CT molecular complexity index is 665. The number of nitrogen functional groups attached to an aromatic ring is 1. The summed E-state index contributed by atoms with van der Waals surface area (Å²) in [6.07, 6.45) is 2.17. The van der Waals surface area contributed by atoms with Gasteiger partial charge in [-0.05, 0) is 31.9 Å². The smallest absolute Gasteiger partial charge is 0.277 e. The predicted octanol–water partition coefficient (Wildman–Crippen LogP) is 2.69. The number of nitrogens with two attached hydrogens (primary N) is 1. The standard InChI is InChI=1S/C15H17N3O2S/c1-2-20-11-6-4-3-5-10(11)15-17-12(9-7-8-9)13(21-15)14(19)18-16/h3-6,9H,2,7-8,16H2,1H3,(H,18,19). The SMILES string of the molecule is CCOc1ccccc1-c1nc(C2CC2)c(C(=O)NN)s1. The molecule has 0 atom stereocenters. The van der Waals surface area contributed by atoms with Crippen molar-refractivity contribution < 1.29 is 9.53 Å². The number of nitrogens with one attached hydrogen (secondary N) is 1. The maximum Gasteiger partial charge on any atom is 0.277 e. The lowest BCUT2D eigenvalue weighted by atomic mass is 10.2. The molecule has 21 heavy (non-hydrogen) atoms. The van der Waals surface area contributed by atoms with Crippen LogP contribution < -0.4 is 16.0 Å². The first-order chi connectivity index (χ1) is 10.2. The molecule has 5 nitrogen and oxygen atoms in total. The lowest BCUT2D eigenvalue weighted by Gasteiger charge is -2.07. The Morgan fingerprint density at radius 1 is 1.48 bits per heavy atom. The van der Waals surface area contributed by atoms with E-state index in [-0.39, 0.29) is 5.91 Å². The van der Waals surface area contributed by atoms with Crippen molar-refractivity contribution in [1.29, 1.82) is 0 Å². The van der Waals surface area contributed by atoms with Crippen molar-refractivity contribution in [3.8, 4) is 16.3 Å². The van der Waals surface area contributed by atoms with E-state index in [0.717, 1.165) is 34.9 Å². The second kappa shape index (κ2) is 5.83. The molecule has 0 spiro atoms. The van der Waals surface area contributed by atoms with Crippen LogP contribution in [0.25, 0.3) is 10.6 Å². The number of aromatic nitrogens is 1. The first-order valence-corrected chi connectivity index (χ1v) is 7.80. The summed E-state index contributed by atoms with van der Waals surface area (Å²) in [6.45, 7) is 2.54. The van der Waals surface area contributed by atoms with Gasteiger partial charge in [-0.1, -0.05) is 12.1 Å². The zero-order chi connectivity index (χ0) is 14.8. The van der Waals surface area contributed by atoms with E-state index in [1.54, 1.807) is 0 Å². The van der Waals surface area contributed by atoms with E-state index in [1.807, 2.05) is 31.2 Å². The number of ether oxygens (including phenoxy) is 1.